The summed E-state index contributed by atoms with van der Waals surface area (Å²) in [5.41, 5.74) is 6.09. The first kappa shape index (κ1) is 53.3. The van der Waals surface area contributed by atoms with Gasteiger partial charge in [0.15, 0.2) is 11.6 Å². The molecule has 4 atom stereocenters. The van der Waals surface area contributed by atoms with Gasteiger partial charge in [-0.1, -0.05) is 60.7 Å². The summed E-state index contributed by atoms with van der Waals surface area (Å²) in [4.78, 5) is 63.6. The Bertz CT molecular complexity index is 2330. The van der Waals surface area contributed by atoms with E-state index in [4.69, 9.17) is 4.74 Å². The van der Waals surface area contributed by atoms with E-state index in [0.717, 1.165) is 134 Å². The van der Waals surface area contributed by atoms with Crippen molar-refractivity contribution in [2.75, 3.05) is 115 Å². The van der Waals surface area contributed by atoms with Gasteiger partial charge in [0.2, 0.25) is 0 Å². The van der Waals surface area contributed by atoms with E-state index in [2.05, 4.69) is 68.9 Å². The number of aryl methyl sites for hydroxylation is 2. The molecular weight excluding hydrogens is 924 g/mol. The lowest BCUT2D eigenvalue weighted by Crippen LogP contribution is -2.56. The highest BCUT2D eigenvalue weighted by atomic mass is 35.5. The number of likely N-dealkylation sites (tertiary alicyclic amines) is 1. The molecule has 1 amide bonds. The Kier molecular flexibility index (Phi) is 18.8. The smallest absolute Gasteiger partial charge is 0.410 e. The number of amides is 1. The molecule has 388 valence electrons. The van der Waals surface area contributed by atoms with Crippen LogP contribution in [0.2, 0.25) is 0 Å². The maximum atomic E-state index is 12.7. The highest BCUT2D eigenvalue weighted by Crippen LogP contribution is 2.36. The molecule has 0 spiro atoms. The molecule has 14 nitrogen and oxygen atoms in total. The minimum Gasteiger partial charge on any atom is -0.444 e. The van der Waals surface area contributed by atoms with Crippen LogP contribution >= 0.6 is 12.4 Å². The summed E-state index contributed by atoms with van der Waals surface area (Å²) in [7, 11) is 0. The number of ketones is 2. The monoisotopic (exact) mass is 1000 g/mol. The Hall–Kier alpha value is -4.96. The molecule has 6 aliphatic heterocycles. The molecular formula is C57H79ClN10O4. The standard InChI is InChI=1S/C31H43N5O3.C26H35N5O.ClH/c1-31(2,3)39-30(38)35-21-27-11-12-28(22-35)36(27)26-13-14-32-25(20-26)10-7-15-33-16-18-34(19-17-33)23-29(37)24-8-5-4-6-9-24;32-26(21-5-2-1-3-6-21)20-30-15-13-29(14-16-30)12-4-7-22-17-23(10-11-28-22)31-24-8-9-25(31)19-27-18-24;/h4-6,8-9,13-14,20,27-28H,7,10-12,15-19,21-23H2,1-3H3;1-3,5-6,10-11,17,24-25,27H,4,7-9,12-16,18-20H2;1H. The highest BCUT2D eigenvalue weighted by molar-refractivity contribution is 5.98. The molecule has 10 rings (SSSR count). The van der Waals surface area contributed by atoms with E-state index in [9.17, 15) is 14.4 Å². The number of benzene rings is 2. The molecule has 6 fully saturated rings. The predicted molar refractivity (Wildman–Crippen MR) is 289 cm³/mol. The van der Waals surface area contributed by atoms with E-state index in [1.807, 2.05) is 98.7 Å². The number of aromatic nitrogens is 2. The number of carbonyl (C=O) groups is 3. The van der Waals surface area contributed by atoms with Crippen molar-refractivity contribution in [3.63, 3.8) is 0 Å². The summed E-state index contributed by atoms with van der Waals surface area (Å²) < 4.78 is 5.63. The number of nitrogens with zero attached hydrogens (tertiary/aromatic N) is 9. The SMILES string of the molecule is CC(C)(C)OC(=O)N1CC2CCC(C1)N2c1ccnc(CCCN2CCN(CC(=O)c3ccccc3)CC2)c1.Cl.O=C(CN1CCN(CCCc2cc(N3C4CCC3CNC4)ccn2)CC1)c1ccccc1. The molecule has 1 N–H and O–H groups in total. The number of hydrogen-bond acceptors (Lipinski definition) is 13. The van der Waals surface area contributed by atoms with Crippen molar-refractivity contribution in [3.05, 3.63) is 120 Å². The number of piperazine rings is 4. The van der Waals surface area contributed by atoms with Crippen LogP contribution < -0.4 is 15.1 Å². The Balaban J connectivity index is 0.000000193. The third-order valence-electron chi connectivity index (χ3n) is 15.4. The Morgan fingerprint density at radius 2 is 0.972 bits per heavy atom. The number of carbonyl (C=O) groups excluding carboxylic acids is 3. The zero-order valence-corrected chi connectivity index (χ0v) is 43.9. The van der Waals surface area contributed by atoms with Gasteiger partial charge in [0.05, 0.1) is 13.1 Å². The van der Waals surface area contributed by atoms with Gasteiger partial charge in [-0.2, -0.15) is 0 Å². The fourth-order valence-electron chi connectivity index (χ4n) is 11.7. The third-order valence-corrected chi connectivity index (χ3v) is 15.4. The van der Waals surface area contributed by atoms with E-state index >= 15 is 0 Å². The summed E-state index contributed by atoms with van der Waals surface area (Å²) in [5.74, 6) is 0.428. The van der Waals surface area contributed by atoms with Crippen molar-refractivity contribution in [3.8, 4) is 0 Å². The van der Waals surface area contributed by atoms with Gasteiger partial charge in [0, 0.05) is 149 Å². The molecule has 0 saturated carbocycles. The molecule has 15 heteroatoms. The highest BCUT2D eigenvalue weighted by Gasteiger charge is 2.43. The first-order valence-electron chi connectivity index (χ1n) is 26.7. The number of hydrogen-bond donors (Lipinski definition) is 1. The van der Waals surface area contributed by atoms with Crippen molar-refractivity contribution >= 4 is 41.4 Å². The molecule has 72 heavy (non-hydrogen) atoms. The second-order valence-electron chi connectivity index (χ2n) is 21.7. The largest absolute Gasteiger partial charge is 0.444 e. The van der Waals surface area contributed by atoms with Gasteiger partial charge >= 0.3 is 6.09 Å². The molecule has 0 aliphatic carbocycles. The predicted octanol–water partition coefficient (Wildman–Crippen LogP) is 6.98. The van der Waals surface area contributed by atoms with Crippen molar-refractivity contribution in [1.82, 2.24) is 39.8 Å². The van der Waals surface area contributed by atoms with Gasteiger partial charge in [-0.15, -0.1) is 12.4 Å². The van der Waals surface area contributed by atoms with E-state index in [1.165, 1.54) is 29.9 Å². The molecule has 8 heterocycles. The number of fused-ring (bicyclic) bond motifs is 4. The van der Waals surface area contributed by atoms with Gasteiger partial charge in [0.25, 0.3) is 0 Å². The van der Waals surface area contributed by atoms with Gasteiger partial charge in [-0.25, -0.2) is 4.79 Å². The fourth-order valence-corrected chi connectivity index (χ4v) is 11.7. The Morgan fingerprint density at radius 1 is 0.569 bits per heavy atom. The van der Waals surface area contributed by atoms with Crippen molar-refractivity contribution in [2.24, 2.45) is 0 Å². The summed E-state index contributed by atoms with van der Waals surface area (Å²) >= 11 is 0. The number of Topliss-reactive ketones (excluding diaryl/α,β-unsaturated/α-hetero) is 2. The van der Waals surface area contributed by atoms with Gasteiger partial charge < -0.3 is 34.6 Å². The Labute approximate surface area is 434 Å². The molecule has 2 aromatic heterocycles. The summed E-state index contributed by atoms with van der Waals surface area (Å²) in [6.45, 7) is 20.5. The molecule has 6 saturated heterocycles. The summed E-state index contributed by atoms with van der Waals surface area (Å²) in [6, 6.07) is 30.1. The quantitative estimate of drug-likeness (QED) is 0.116. The lowest BCUT2D eigenvalue weighted by Gasteiger charge is -2.42. The van der Waals surface area contributed by atoms with E-state index in [1.54, 1.807) is 0 Å². The topological polar surface area (TPSA) is 121 Å². The second kappa shape index (κ2) is 25.3. The van der Waals surface area contributed by atoms with E-state index in [0.29, 0.717) is 50.3 Å². The van der Waals surface area contributed by atoms with Crippen molar-refractivity contribution in [2.45, 2.75) is 102 Å². The van der Waals surface area contributed by atoms with Crippen LogP contribution in [0.5, 0.6) is 0 Å². The van der Waals surface area contributed by atoms with E-state index in [-0.39, 0.29) is 30.1 Å². The lowest BCUT2D eigenvalue weighted by molar-refractivity contribution is 0.0209. The average molecular weight is 1000 g/mol. The first-order valence-corrected chi connectivity index (χ1v) is 26.7. The molecule has 4 unspecified atom stereocenters. The normalized spacial score (nSPS) is 22.7. The summed E-state index contributed by atoms with van der Waals surface area (Å²) in [6.07, 6.45) is 12.7. The number of pyridine rings is 2. The second-order valence-corrected chi connectivity index (χ2v) is 21.7. The van der Waals surface area contributed by atoms with Crippen LogP contribution in [0.25, 0.3) is 0 Å². The number of nitrogens with one attached hydrogen (secondary N) is 1. The van der Waals surface area contributed by atoms with Crippen LogP contribution in [0, 0.1) is 0 Å². The molecule has 0 radical (unpaired) electrons. The van der Waals surface area contributed by atoms with Gasteiger partial charge in [-0.3, -0.25) is 29.4 Å². The number of rotatable bonds is 16. The average Bonchev–Trinajstić information content (AvgIpc) is 3.80. The molecule has 2 aromatic carbocycles. The minimum absolute atomic E-state index is 0. The number of halogens is 1. The van der Waals surface area contributed by atoms with E-state index < -0.39 is 5.60 Å². The van der Waals surface area contributed by atoms with Crippen LogP contribution in [0.3, 0.4) is 0 Å². The molecule has 6 aliphatic rings. The lowest BCUT2D eigenvalue weighted by atomic mass is 10.1. The zero-order valence-electron chi connectivity index (χ0n) is 43.1. The van der Waals surface area contributed by atoms with Gasteiger partial charge in [0.1, 0.15) is 5.60 Å². The number of anilines is 2. The third kappa shape index (κ3) is 14.4. The first-order chi connectivity index (χ1) is 34.5. The van der Waals surface area contributed by atoms with Crippen LogP contribution in [-0.4, -0.2) is 187 Å². The van der Waals surface area contributed by atoms with Crippen LogP contribution in [-0.2, 0) is 17.6 Å². The number of ether oxygens (including phenoxy) is 1. The summed E-state index contributed by atoms with van der Waals surface area (Å²) in [5, 5.41) is 3.57. The minimum atomic E-state index is -0.470. The maximum Gasteiger partial charge on any atom is 0.410 e. The van der Waals surface area contributed by atoms with Crippen molar-refractivity contribution < 1.29 is 19.1 Å². The molecule has 4 bridgehead atoms. The maximum absolute atomic E-state index is 12.7. The van der Waals surface area contributed by atoms with Crippen molar-refractivity contribution in [1.29, 1.82) is 0 Å². The van der Waals surface area contributed by atoms with Crippen LogP contribution in [0.15, 0.2) is 97.3 Å². The van der Waals surface area contributed by atoms with Crippen LogP contribution in [0.4, 0.5) is 16.2 Å². The van der Waals surface area contributed by atoms with Crippen LogP contribution in [0.1, 0.15) is 91.4 Å². The Morgan fingerprint density at radius 3 is 1.40 bits per heavy atom. The molecule has 4 aromatic rings. The zero-order chi connectivity index (χ0) is 49.2. The fraction of sp³-hybridized carbons (Fsp3) is 0.561. The van der Waals surface area contributed by atoms with Gasteiger partial charge in [-0.05, 0) is 109 Å².